The van der Waals surface area contributed by atoms with Gasteiger partial charge in [0.15, 0.2) is 5.76 Å². The molecule has 0 bridgehead atoms. The maximum atomic E-state index is 12.3. The van der Waals surface area contributed by atoms with Gasteiger partial charge in [-0.3, -0.25) is 9.59 Å². The zero-order valence-corrected chi connectivity index (χ0v) is 14.7. The van der Waals surface area contributed by atoms with Crippen LogP contribution in [0.25, 0.3) is 0 Å². The molecule has 9 heteroatoms. The zero-order valence-electron chi connectivity index (χ0n) is 13.9. The SMILES string of the molecule is COc1ccc(S(=O)(=O)NC(=O)[C@H](C)NC(=O)c2ccco2)cc1C. The molecule has 0 fully saturated rings. The third kappa shape index (κ3) is 4.38. The lowest BCUT2D eigenvalue weighted by Crippen LogP contribution is -2.46. The molecule has 0 aliphatic heterocycles. The molecule has 2 aromatic rings. The topological polar surface area (TPSA) is 115 Å². The second-order valence-electron chi connectivity index (χ2n) is 5.27. The van der Waals surface area contributed by atoms with Gasteiger partial charge < -0.3 is 14.5 Å². The number of carbonyl (C=O) groups excluding carboxylic acids is 2. The molecule has 1 aromatic heterocycles. The Labute approximate surface area is 145 Å². The molecule has 2 rings (SSSR count). The molecule has 0 radical (unpaired) electrons. The van der Waals surface area contributed by atoms with Crippen LogP contribution in [0.3, 0.4) is 0 Å². The maximum absolute atomic E-state index is 12.3. The fourth-order valence-electron chi connectivity index (χ4n) is 2.04. The van der Waals surface area contributed by atoms with Crippen molar-refractivity contribution in [3.8, 4) is 5.75 Å². The predicted molar refractivity (Wildman–Crippen MR) is 88.7 cm³/mol. The number of rotatable bonds is 6. The van der Waals surface area contributed by atoms with Crippen LogP contribution in [0.1, 0.15) is 23.0 Å². The minimum atomic E-state index is -4.07. The number of hydrogen-bond acceptors (Lipinski definition) is 6. The number of furan rings is 1. The van der Waals surface area contributed by atoms with Gasteiger partial charge in [0.25, 0.3) is 21.8 Å². The van der Waals surface area contributed by atoms with E-state index in [0.717, 1.165) is 0 Å². The average molecular weight is 366 g/mol. The molecule has 1 aromatic carbocycles. The van der Waals surface area contributed by atoms with Gasteiger partial charge in [-0.25, -0.2) is 13.1 Å². The van der Waals surface area contributed by atoms with Crippen LogP contribution in [0.5, 0.6) is 5.75 Å². The summed E-state index contributed by atoms with van der Waals surface area (Å²) in [5.41, 5.74) is 0.608. The summed E-state index contributed by atoms with van der Waals surface area (Å²) in [6, 6.07) is 6.09. The third-order valence-electron chi connectivity index (χ3n) is 3.40. The van der Waals surface area contributed by atoms with Gasteiger partial charge in [0.05, 0.1) is 18.3 Å². The smallest absolute Gasteiger partial charge is 0.287 e. The first-order valence-corrected chi connectivity index (χ1v) is 8.78. The molecule has 8 nitrogen and oxygen atoms in total. The lowest BCUT2D eigenvalue weighted by atomic mass is 10.2. The Morgan fingerprint density at radius 2 is 1.96 bits per heavy atom. The van der Waals surface area contributed by atoms with Crippen molar-refractivity contribution >= 4 is 21.8 Å². The Morgan fingerprint density at radius 1 is 1.24 bits per heavy atom. The van der Waals surface area contributed by atoms with E-state index < -0.39 is 27.9 Å². The van der Waals surface area contributed by atoms with Gasteiger partial charge in [-0.05, 0) is 49.7 Å². The highest BCUT2D eigenvalue weighted by molar-refractivity contribution is 7.90. The largest absolute Gasteiger partial charge is 0.496 e. The first kappa shape index (κ1) is 18.5. The molecule has 25 heavy (non-hydrogen) atoms. The van der Waals surface area contributed by atoms with Crippen LogP contribution >= 0.6 is 0 Å². The fourth-order valence-corrected chi connectivity index (χ4v) is 3.18. The lowest BCUT2D eigenvalue weighted by Gasteiger charge is -2.14. The summed E-state index contributed by atoms with van der Waals surface area (Å²) in [5, 5.41) is 2.36. The molecule has 0 aliphatic rings. The Bertz CT molecular complexity index is 874. The van der Waals surface area contributed by atoms with E-state index >= 15 is 0 Å². The summed E-state index contributed by atoms with van der Waals surface area (Å²) in [7, 11) is -2.60. The van der Waals surface area contributed by atoms with Gasteiger partial charge in [0, 0.05) is 0 Å². The van der Waals surface area contributed by atoms with Crippen LogP contribution in [-0.4, -0.2) is 33.4 Å². The van der Waals surface area contributed by atoms with E-state index in [0.29, 0.717) is 11.3 Å². The van der Waals surface area contributed by atoms with Crippen LogP contribution in [0.15, 0.2) is 45.9 Å². The second-order valence-corrected chi connectivity index (χ2v) is 6.96. The number of methoxy groups -OCH3 is 1. The van der Waals surface area contributed by atoms with Gasteiger partial charge in [0.1, 0.15) is 11.8 Å². The Morgan fingerprint density at radius 3 is 2.52 bits per heavy atom. The van der Waals surface area contributed by atoms with Crippen LogP contribution in [-0.2, 0) is 14.8 Å². The van der Waals surface area contributed by atoms with Crippen molar-refractivity contribution in [2.45, 2.75) is 24.8 Å². The molecular formula is C16H18N2O6S. The van der Waals surface area contributed by atoms with E-state index in [9.17, 15) is 18.0 Å². The zero-order chi connectivity index (χ0) is 18.6. The fraction of sp³-hybridized carbons (Fsp3) is 0.250. The molecular weight excluding hydrogens is 348 g/mol. The van der Waals surface area contributed by atoms with Crippen LogP contribution in [0.4, 0.5) is 0 Å². The molecule has 2 amide bonds. The number of hydrogen-bond donors (Lipinski definition) is 2. The number of benzene rings is 1. The van der Waals surface area contributed by atoms with Gasteiger partial charge in [-0.15, -0.1) is 0 Å². The Balaban J connectivity index is 2.07. The number of aryl methyl sites for hydroxylation is 1. The van der Waals surface area contributed by atoms with E-state index in [4.69, 9.17) is 9.15 Å². The molecule has 0 saturated heterocycles. The van der Waals surface area contributed by atoms with Gasteiger partial charge in [-0.1, -0.05) is 0 Å². The number of ether oxygens (including phenoxy) is 1. The van der Waals surface area contributed by atoms with Crippen molar-refractivity contribution in [3.05, 3.63) is 47.9 Å². The van der Waals surface area contributed by atoms with Crippen LogP contribution in [0, 0.1) is 6.92 Å². The molecule has 134 valence electrons. The summed E-state index contributed by atoms with van der Waals surface area (Å²) < 4.78 is 36.5. The monoisotopic (exact) mass is 366 g/mol. The van der Waals surface area contributed by atoms with Crippen molar-refractivity contribution in [2.75, 3.05) is 7.11 Å². The minimum Gasteiger partial charge on any atom is -0.496 e. The first-order chi connectivity index (χ1) is 11.7. The maximum Gasteiger partial charge on any atom is 0.287 e. The first-order valence-electron chi connectivity index (χ1n) is 7.30. The summed E-state index contributed by atoms with van der Waals surface area (Å²) >= 11 is 0. The van der Waals surface area contributed by atoms with Crippen molar-refractivity contribution in [2.24, 2.45) is 0 Å². The quantitative estimate of drug-likeness (QED) is 0.794. The molecule has 0 aliphatic carbocycles. The number of nitrogens with one attached hydrogen (secondary N) is 2. The number of carbonyl (C=O) groups is 2. The van der Waals surface area contributed by atoms with Crippen molar-refractivity contribution in [3.63, 3.8) is 0 Å². The molecule has 0 spiro atoms. The normalized spacial score (nSPS) is 12.3. The average Bonchev–Trinajstić information content (AvgIpc) is 3.08. The molecule has 2 N–H and O–H groups in total. The standard InChI is InChI=1S/C16H18N2O6S/c1-10-9-12(6-7-13(10)23-3)25(21,22)18-15(19)11(2)17-16(20)14-5-4-8-24-14/h4-9,11H,1-3H3,(H,17,20)(H,18,19)/t11-/m0/s1. The molecule has 1 atom stereocenters. The van der Waals surface area contributed by atoms with E-state index in [1.807, 2.05) is 4.72 Å². The van der Waals surface area contributed by atoms with Gasteiger partial charge in [-0.2, -0.15) is 0 Å². The predicted octanol–water partition coefficient (Wildman–Crippen LogP) is 1.22. The van der Waals surface area contributed by atoms with E-state index in [-0.39, 0.29) is 10.7 Å². The van der Waals surface area contributed by atoms with Crippen molar-refractivity contribution in [1.29, 1.82) is 0 Å². The summed E-state index contributed by atoms with van der Waals surface area (Å²) in [6.45, 7) is 3.05. The highest BCUT2D eigenvalue weighted by Crippen LogP contribution is 2.21. The Kier molecular flexibility index (Phi) is 5.48. The lowest BCUT2D eigenvalue weighted by molar-refractivity contribution is -0.120. The highest BCUT2D eigenvalue weighted by Gasteiger charge is 2.24. The minimum absolute atomic E-state index is 0.0216. The Hall–Kier alpha value is -2.81. The number of amides is 2. The van der Waals surface area contributed by atoms with Crippen LogP contribution < -0.4 is 14.8 Å². The summed E-state index contributed by atoms with van der Waals surface area (Å²) in [5.74, 6) is -0.934. The number of sulfonamides is 1. The van der Waals surface area contributed by atoms with Crippen molar-refractivity contribution in [1.82, 2.24) is 10.0 Å². The molecule has 0 saturated carbocycles. The molecule has 0 unspecified atom stereocenters. The van der Waals surface area contributed by atoms with Gasteiger partial charge in [0.2, 0.25) is 0 Å². The van der Waals surface area contributed by atoms with Crippen molar-refractivity contribution < 1.29 is 27.2 Å². The second kappa shape index (κ2) is 7.39. The third-order valence-corrected chi connectivity index (χ3v) is 4.74. The summed E-state index contributed by atoms with van der Waals surface area (Å²) in [4.78, 5) is 23.8. The summed E-state index contributed by atoms with van der Waals surface area (Å²) in [6.07, 6.45) is 1.32. The van der Waals surface area contributed by atoms with Crippen LogP contribution in [0.2, 0.25) is 0 Å². The van der Waals surface area contributed by atoms with Gasteiger partial charge >= 0.3 is 0 Å². The van der Waals surface area contributed by atoms with E-state index in [2.05, 4.69) is 5.32 Å². The molecule has 1 heterocycles. The van der Waals surface area contributed by atoms with E-state index in [1.165, 1.54) is 50.6 Å². The van der Waals surface area contributed by atoms with E-state index in [1.54, 1.807) is 6.92 Å². The highest BCUT2D eigenvalue weighted by atomic mass is 32.2.